The predicted octanol–water partition coefficient (Wildman–Crippen LogP) is 4.17. The molecule has 19 heavy (non-hydrogen) atoms. The zero-order valence-corrected chi connectivity index (χ0v) is 11.6. The number of hydrogen-bond acceptors (Lipinski definition) is 0. The summed E-state index contributed by atoms with van der Waals surface area (Å²) in [4.78, 5) is 0. The average Bonchev–Trinajstić information content (AvgIpc) is 2.49. The van der Waals surface area contributed by atoms with Crippen molar-refractivity contribution in [1.82, 2.24) is 0 Å². The smallest absolute Gasteiger partial charge is 0.201 e. The third-order valence-corrected chi connectivity index (χ3v) is 3.51. The van der Waals surface area contributed by atoms with Crippen LogP contribution in [0.1, 0.15) is 47.8 Å². The van der Waals surface area contributed by atoms with Gasteiger partial charge in [-0.25, -0.2) is 4.57 Å². The van der Waals surface area contributed by atoms with Crippen LogP contribution in [0.3, 0.4) is 0 Å². The lowest BCUT2D eigenvalue weighted by molar-refractivity contribution is -0.660. The van der Waals surface area contributed by atoms with E-state index in [2.05, 4.69) is 0 Å². The van der Waals surface area contributed by atoms with Gasteiger partial charge in [-0.3, -0.25) is 0 Å². The van der Waals surface area contributed by atoms with Crippen molar-refractivity contribution in [3.8, 4) is 11.3 Å². The van der Waals surface area contributed by atoms with Crippen molar-refractivity contribution < 1.29 is 14.2 Å². The Labute approximate surface area is 126 Å². The van der Waals surface area contributed by atoms with Gasteiger partial charge >= 0.3 is 0 Å². The second kappa shape index (κ2) is 5.16. The van der Waals surface area contributed by atoms with Gasteiger partial charge in [0.2, 0.25) is 5.69 Å². The lowest BCUT2D eigenvalue weighted by atomic mass is 9.82. The SMILES string of the molecule is [2H]c1cc(C(CC)(C([2H])([2H])[2H])C([2H])([2H])[2H])cc(-c2ccccc2C)[n+]1C. The molecule has 0 aliphatic rings. The Morgan fingerprint density at radius 2 is 2.00 bits per heavy atom. The Bertz CT molecular complexity index is 792. The van der Waals surface area contributed by atoms with Crippen LogP contribution in [0.15, 0.2) is 42.6 Å². The van der Waals surface area contributed by atoms with Crippen molar-refractivity contribution >= 4 is 0 Å². The molecular weight excluding hydrogens is 230 g/mol. The number of aromatic nitrogens is 1. The summed E-state index contributed by atoms with van der Waals surface area (Å²) in [5.74, 6) is 0. The first-order valence-corrected chi connectivity index (χ1v) is 6.44. The fourth-order valence-electron chi connectivity index (χ4n) is 2.09. The van der Waals surface area contributed by atoms with Crippen molar-refractivity contribution in [2.45, 2.75) is 39.4 Å². The van der Waals surface area contributed by atoms with Crippen LogP contribution < -0.4 is 4.57 Å². The Kier molecular flexibility index (Phi) is 1.96. The maximum absolute atomic E-state index is 8.28. The van der Waals surface area contributed by atoms with E-state index < -0.39 is 19.1 Å². The highest BCUT2D eigenvalue weighted by Crippen LogP contribution is 2.29. The highest BCUT2D eigenvalue weighted by atomic mass is 14.9. The van der Waals surface area contributed by atoms with Crippen molar-refractivity contribution in [1.29, 1.82) is 0 Å². The molecule has 0 aliphatic heterocycles. The Balaban J connectivity index is 2.88. The first-order valence-electron chi connectivity index (χ1n) is 9.94. The fraction of sp³-hybridized carbons (Fsp3) is 0.389. The van der Waals surface area contributed by atoms with Crippen LogP contribution in [-0.4, -0.2) is 0 Å². The van der Waals surface area contributed by atoms with Crippen LogP contribution in [0, 0.1) is 6.92 Å². The molecule has 1 heterocycles. The zero-order valence-electron chi connectivity index (χ0n) is 18.6. The van der Waals surface area contributed by atoms with Gasteiger partial charge in [-0.05, 0) is 36.0 Å². The Hall–Kier alpha value is -1.63. The van der Waals surface area contributed by atoms with E-state index in [4.69, 9.17) is 9.60 Å². The minimum absolute atomic E-state index is 0.0621. The molecular formula is C18H24N+. The van der Waals surface area contributed by atoms with E-state index in [0.717, 1.165) is 11.1 Å². The number of nitrogens with zero attached hydrogens (tertiary/aromatic N) is 1. The van der Waals surface area contributed by atoms with E-state index in [0.29, 0.717) is 5.69 Å². The molecule has 0 atom stereocenters. The standard InChI is InChI=1S/C18H24N/c1-6-18(3,4)15-11-12-19(5)17(13-15)16-10-8-7-9-14(16)2/h7-13H,6H2,1-5H3/q+1/i3D3,4D3,12D. The number of aryl methyl sites for hydroxylation is 1. The molecule has 1 aromatic heterocycles. The average molecular weight is 261 g/mol. The van der Waals surface area contributed by atoms with E-state index in [-0.39, 0.29) is 18.2 Å². The van der Waals surface area contributed by atoms with Crippen LogP contribution >= 0.6 is 0 Å². The largest absolute Gasteiger partial charge is 0.212 e. The van der Waals surface area contributed by atoms with E-state index in [1.807, 2.05) is 31.2 Å². The predicted molar refractivity (Wildman–Crippen MR) is 81.1 cm³/mol. The summed E-state index contributed by atoms with van der Waals surface area (Å²) >= 11 is 0. The Morgan fingerprint density at radius 3 is 2.63 bits per heavy atom. The first kappa shape index (κ1) is 7.23. The van der Waals surface area contributed by atoms with Gasteiger partial charge in [-0.1, -0.05) is 38.8 Å². The molecule has 0 unspecified atom stereocenters. The van der Waals surface area contributed by atoms with Crippen LogP contribution in [0.4, 0.5) is 0 Å². The molecule has 0 bridgehead atoms. The number of pyridine rings is 1. The van der Waals surface area contributed by atoms with Crippen LogP contribution in [0.5, 0.6) is 0 Å². The maximum atomic E-state index is 8.28. The topological polar surface area (TPSA) is 3.88 Å². The fourth-order valence-corrected chi connectivity index (χ4v) is 2.09. The van der Waals surface area contributed by atoms with Crippen LogP contribution in [0.25, 0.3) is 11.3 Å². The van der Waals surface area contributed by atoms with Gasteiger partial charge in [0.15, 0.2) is 6.17 Å². The van der Waals surface area contributed by atoms with Crippen molar-refractivity contribution in [3.63, 3.8) is 0 Å². The van der Waals surface area contributed by atoms with E-state index in [1.54, 1.807) is 24.6 Å². The van der Waals surface area contributed by atoms with Gasteiger partial charge in [0.05, 0.1) is 0 Å². The summed E-state index contributed by atoms with van der Waals surface area (Å²) in [6.45, 7) is -1.97. The molecule has 0 saturated carbocycles. The number of hydrogen-bond donors (Lipinski definition) is 0. The molecule has 2 aromatic rings. The van der Waals surface area contributed by atoms with Gasteiger partial charge < -0.3 is 0 Å². The van der Waals surface area contributed by atoms with Crippen LogP contribution in [-0.2, 0) is 12.5 Å². The molecule has 0 amide bonds. The monoisotopic (exact) mass is 261 g/mol. The highest BCUT2D eigenvalue weighted by molar-refractivity contribution is 5.61. The van der Waals surface area contributed by atoms with E-state index in [1.165, 1.54) is 6.07 Å². The van der Waals surface area contributed by atoms with Crippen molar-refractivity contribution in [2.75, 3.05) is 0 Å². The molecule has 0 fully saturated rings. The lowest BCUT2D eigenvalue weighted by Gasteiger charge is -2.23. The van der Waals surface area contributed by atoms with Gasteiger partial charge in [0, 0.05) is 25.9 Å². The van der Waals surface area contributed by atoms with E-state index in [9.17, 15) is 0 Å². The second-order valence-electron chi connectivity index (χ2n) is 4.89. The summed E-state index contributed by atoms with van der Waals surface area (Å²) in [6, 6.07) is 10.5. The normalized spacial score (nSPS) is 18.4. The molecule has 0 radical (unpaired) electrons. The highest BCUT2D eigenvalue weighted by Gasteiger charge is 2.22. The van der Waals surface area contributed by atoms with Gasteiger partial charge in [0.1, 0.15) is 8.42 Å². The van der Waals surface area contributed by atoms with Gasteiger partial charge in [-0.15, -0.1) is 0 Å². The lowest BCUT2D eigenvalue weighted by Crippen LogP contribution is -2.32. The molecule has 0 spiro atoms. The summed E-state index contributed by atoms with van der Waals surface area (Å²) in [6.07, 6.45) is -0.0208. The molecule has 1 heteroatoms. The van der Waals surface area contributed by atoms with E-state index >= 15 is 0 Å². The minimum Gasteiger partial charge on any atom is -0.201 e. The second-order valence-corrected chi connectivity index (χ2v) is 4.89. The molecule has 2 rings (SSSR count). The quantitative estimate of drug-likeness (QED) is 0.730. The van der Waals surface area contributed by atoms with Gasteiger partial charge in [-0.2, -0.15) is 0 Å². The zero-order chi connectivity index (χ0) is 19.9. The molecule has 100 valence electrons. The minimum atomic E-state index is -2.73. The van der Waals surface area contributed by atoms with Crippen LogP contribution in [0.2, 0.25) is 0 Å². The summed E-state index contributed by atoms with van der Waals surface area (Å²) in [5, 5.41) is 0. The number of rotatable bonds is 3. The molecule has 0 aliphatic carbocycles. The molecule has 1 nitrogen and oxygen atoms in total. The first-order chi connectivity index (χ1) is 11.9. The van der Waals surface area contributed by atoms with Gasteiger partial charge in [0.25, 0.3) is 0 Å². The maximum Gasteiger partial charge on any atom is 0.212 e. The third kappa shape index (κ3) is 2.70. The summed E-state index contributed by atoms with van der Waals surface area (Å²) in [5.41, 5.74) is 0.552. The summed E-state index contributed by atoms with van der Waals surface area (Å²) < 4.78 is 57.8. The van der Waals surface area contributed by atoms with Crippen molar-refractivity contribution in [2.24, 2.45) is 7.05 Å². The molecule has 1 aromatic carbocycles. The molecule has 0 N–H and O–H groups in total. The Morgan fingerprint density at radius 1 is 1.26 bits per heavy atom. The number of benzene rings is 1. The van der Waals surface area contributed by atoms with Crippen molar-refractivity contribution in [3.05, 3.63) is 53.7 Å². The summed E-state index contributed by atoms with van der Waals surface area (Å²) in [7, 11) is 1.71. The third-order valence-electron chi connectivity index (χ3n) is 3.51. The molecule has 0 saturated heterocycles.